The van der Waals surface area contributed by atoms with Gasteiger partial charge in [0.1, 0.15) is 0 Å². The largest absolute Gasteiger partial charge is 0.385 e. The Bertz CT molecular complexity index is 80.8. The van der Waals surface area contributed by atoms with Crippen LogP contribution in [0.4, 0.5) is 8.78 Å². The SMILES string of the molecule is COCCCCNCC(F)F. The molecule has 0 aliphatic rings. The summed E-state index contributed by atoms with van der Waals surface area (Å²) in [5, 5.41) is 2.64. The fraction of sp³-hybridized carbons (Fsp3) is 1.00. The minimum atomic E-state index is -2.24. The maximum Gasteiger partial charge on any atom is 0.250 e. The predicted octanol–water partition coefficient (Wildman–Crippen LogP) is 1.27. The molecule has 11 heavy (non-hydrogen) atoms. The van der Waals surface area contributed by atoms with Gasteiger partial charge in [-0.3, -0.25) is 0 Å². The first-order chi connectivity index (χ1) is 5.27. The number of rotatable bonds is 7. The van der Waals surface area contributed by atoms with E-state index in [4.69, 9.17) is 4.74 Å². The highest BCUT2D eigenvalue weighted by atomic mass is 19.3. The molecule has 0 bridgehead atoms. The Morgan fingerprint density at radius 2 is 2.09 bits per heavy atom. The Morgan fingerprint density at radius 1 is 1.36 bits per heavy atom. The average Bonchev–Trinajstić information content (AvgIpc) is 1.96. The van der Waals surface area contributed by atoms with E-state index in [9.17, 15) is 8.78 Å². The van der Waals surface area contributed by atoms with Gasteiger partial charge in [-0.2, -0.15) is 0 Å². The standard InChI is InChI=1S/C7H15F2NO/c1-11-5-3-2-4-10-6-7(8)9/h7,10H,2-6H2,1H3. The van der Waals surface area contributed by atoms with E-state index in [0.717, 1.165) is 12.8 Å². The Hall–Kier alpha value is -0.220. The van der Waals surface area contributed by atoms with Crippen molar-refractivity contribution in [1.82, 2.24) is 5.32 Å². The van der Waals surface area contributed by atoms with E-state index >= 15 is 0 Å². The Morgan fingerprint density at radius 3 is 2.64 bits per heavy atom. The molecule has 2 nitrogen and oxygen atoms in total. The third-order valence-corrected chi connectivity index (χ3v) is 1.25. The van der Waals surface area contributed by atoms with Gasteiger partial charge < -0.3 is 10.1 Å². The summed E-state index contributed by atoms with van der Waals surface area (Å²) in [6.45, 7) is 1.15. The van der Waals surface area contributed by atoms with Crippen LogP contribution in [0.25, 0.3) is 0 Å². The second-order valence-electron chi connectivity index (χ2n) is 2.30. The molecule has 0 radical (unpaired) electrons. The van der Waals surface area contributed by atoms with Crippen LogP contribution in [0.3, 0.4) is 0 Å². The molecule has 0 aliphatic heterocycles. The van der Waals surface area contributed by atoms with Crippen molar-refractivity contribution in [3.63, 3.8) is 0 Å². The summed E-state index contributed by atoms with van der Waals surface area (Å²) in [7, 11) is 1.63. The van der Waals surface area contributed by atoms with Crippen molar-refractivity contribution in [2.75, 3.05) is 26.8 Å². The summed E-state index contributed by atoms with van der Waals surface area (Å²) in [6, 6.07) is 0. The van der Waals surface area contributed by atoms with Crippen molar-refractivity contribution in [2.45, 2.75) is 19.3 Å². The van der Waals surface area contributed by atoms with Gasteiger partial charge in [0.05, 0.1) is 6.54 Å². The van der Waals surface area contributed by atoms with Crippen molar-refractivity contribution in [1.29, 1.82) is 0 Å². The van der Waals surface area contributed by atoms with Gasteiger partial charge in [-0.05, 0) is 19.4 Å². The molecule has 0 aromatic carbocycles. The molecule has 0 aromatic heterocycles. The van der Waals surface area contributed by atoms with E-state index in [-0.39, 0.29) is 6.54 Å². The molecule has 0 fully saturated rings. The molecule has 0 spiro atoms. The van der Waals surface area contributed by atoms with Crippen molar-refractivity contribution < 1.29 is 13.5 Å². The zero-order chi connectivity index (χ0) is 8.53. The maximum absolute atomic E-state index is 11.5. The molecule has 0 unspecified atom stereocenters. The molecule has 0 amide bonds. The minimum absolute atomic E-state index is 0.201. The smallest absolute Gasteiger partial charge is 0.250 e. The van der Waals surface area contributed by atoms with E-state index in [1.807, 2.05) is 0 Å². The summed E-state index contributed by atoms with van der Waals surface area (Å²) in [5.74, 6) is 0. The molecule has 0 heterocycles. The van der Waals surface area contributed by atoms with Crippen molar-refractivity contribution >= 4 is 0 Å². The summed E-state index contributed by atoms with van der Waals surface area (Å²) >= 11 is 0. The molecule has 4 heteroatoms. The molecule has 0 rings (SSSR count). The molecule has 0 saturated heterocycles. The van der Waals surface area contributed by atoms with Crippen LogP contribution in [0.1, 0.15) is 12.8 Å². The van der Waals surface area contributed by atoms with Gasteiger partial charge in [-0.1, -0.05) is 0 Å². The molecule has 1 N–H and O–H groups in total. The van der Waals surface area contributed by atoms with Crippen LogP contribution in [0.2, 0.25) is 0 Å². The second kappa shape index (κ2) is 7.88. The average molecular weight is 167 g/mol. The summed E-state index contributed by atoms with van der Waals surface area (Å²) in [5.41, 5.74) is 0. The number of hydrogen-bond acceptors (Lipinski definition) is 2. The minimum Gasteiger partial charge on any atom is -0.385 e. The lowest BCUT2D eigenvalue weighted by molar-refractivity contribution is 0.145. The van der Waals surface area contributed by atoms with Crippen molar-refractivity contribution in [3.8, 4) is 0 Å². The van der Waals surface area contributed by atoms with Crippen LogP contribution in [0.15, 0.2) is 0 Å². The number of alkyl halides is 2. The lowest BCUT2D eigenvalue weighted by atomic mass is 10.3. The lowest BCUT2D eigenvalue weighted by Crippen LogP contribution is -2.22. The number of halogens is 2. The topological polar surface area (TPSA) is 21.3 Å². The second-order valence-corrected chi connectivity index (χ2v) is 2.30. The van der Waals surface area contributed by atoms with E-state index in [2.05, 4.69) is 5.32 Å². The molecule has 0 atom stereocenters. The third kappa shape index (κ3) is 9.78. The first-order valence-corrected chi connectivity index (χ1v) is 3.75. The molecule has 0 saturated carbocycles. The summed E-state index contributed by atoms with van der Waals surface area (Å²) in [6.07, 6.45) is -0.426. The van der Waals surface area contributed by atoms with Crippen LogP contribution in [0.5, 0.6) is 0 Å². The Kier molecular flexibility index (Phi) is 7.72. The first-order valence-electron chi connectivity index (χ1n) is 3.75. The number of ether oxygens (including phenoxy) is 1. The van der Waals surface area contributed by atoms with Gasteiger partial charge in [0, 0.05) is 13.7 Å². The van der Waals surface area contributed by atoms with Crippen molar-refractivity contribution in [3.05, 3.63) is 0 Å². The monoisotopic (exact) mass is 167 g/mol. The summed E-state index contributed by atoms with van der Waals surface area (Å²) in [4.78, 5) is 0. The number of hydrogen-bond donors (Lipinski definition) is 1. The zero-order valence-corrected chi connectivity index (χ0v) is 6.78. The molecule has 0 aromatic rings. The van der Waals surface area contributed by atoms with Crippen molar-refractivity contribution in [2.24, 2.45) is 0 Å². The van der Waals surface area contributed by atoms with Gasteiger partial charge in [0.25, 0.3) is 6.43 Å². The molecular weight excluding hydrogens is 152 g/mol. The predicted molar refractivity (Wildman–Crippen MR) is 40.0 cm³/mol. The number of methoxy groups -OCH3 is 1. The van der Waals surface area contributed by atoms with Crippen LogP contribution < -0.4 is 5.32 Å². The quantitative estimate of drug-likeness (QED) is 0.576. The number of unbranched alkanes of at least 4 members (excludes halogenated alkanes) is 1. The normalized spacial score (nSPS) is 10.9. The zero-order valence-electron chi connectivity index (χ0n) is 6.78. The fourth-order valence-electron chi connectivity index (χ4n) is 0.708. The molecule has 68 valence electrons. The van der Waals surface area contributed by atoms with E-state index < -0.39 is 6.43 Å². The van der Waals surface area contributed by atoms with Gasteiger partial charge in [-0.25, -0.2) is 8.78 Å². The van der Waals surface area contributed by atoms with Crippen LogP contribution >= 0.6 is 0 Å². The van der Waals surface area contributed by atoms with E-state index in [0.29, 0.717) is 13.2 Å². The van der Waals surface area contributed by atoms with Gasteiger partial charge >= 0.3 is 0 Å². The van der Waals surface area contributed by atoms with Crippen LogP contribution in [-0.2, 0) is 4.74 Å². The maximum atomic E-state index is 11.5. The highest BCUT2D eigenvalue weighted by Crippen LogP contribution is 1.90. The highest BCUT2D eigenvalue weighted by molar-refractivity contribution is 4.48. The molecule has 0 aliphatic carbocycles. The van der Waals surface area contributed by atoms with Crippen LogP contribution in [-0.4, -0.2) is 33.2 Å². The Balaban J connectivity index is 2.80. The fourth-order valence-corrected chi connectivity index (χ4v) is 0.708. The van der Waals surface area contributed by atoms with Gasteiger partial charge in [-0.15, -0.1) is 0 Å². The van der Waals surface area contributed by atoms with Gasteiger partial charge in [0.15, 0.2) is 0 Å². The lowest BCUT2D eigenvalue weighted by Gasteiger charge is -2.02. The highest BCUT2D eigenvalue weighted by Gasteiger charge is 1.98. The first kappa shape index (κ1) is 10.8. The third-order valence-electron chi connectivity index (χ3n) is 1.25. The van der Waals surface area contributed by atoms with E-state index in [1.165, 1.54) is 0 Å². The van der Waals surface area contributed by atoms with Crippen LogP contribution in [0, 0.1) is 0 Å². The number of nitrogens with one attached hydrogen (secondary N) is 1. The van der Waals surface area contributed by atoms with E-state index in [1.54, 1.807) is 7.11 Å². The Labute approximate surface area is 65.9 Å². The van der Waals surface area contributed by atoms with Gasteiger partial charge in [0.2, 0.25) is 0 Å². The summed E-state index contributed by atoms with van der Waals surface area (Å²) < 4.78 is 27.8. The molecular formula is C7H15F2NO.